The first-order valence-corrected chi connectivity index (χ1v) is 7.04. The second-order valence-electron chi connectivity index (χ2n) is 5.36. The highest BCUT2D eigenvalue weighted by atomic mass is 15.2. The topological polar surface area (TPSA) is 41.0 Å². The van der Waals surface area contributed by atoms with Gasteiger partial charge in [-0.2, -0.15) is 0 Å². The van der Waals surface area contributed by atoms with Crippen LogP contribution in [-0.4, -0.2) is 23.1 Å². The van der Waals surface area contributed by atoms with Gasteiger partial charge in [0.15, 0.2) is 0 Å². The number of hydrogen-bond donors (Lipinski definition) is 1. The quantitative estimate of drug-likeness (QED) is 0.909. The summed E-state index contributed by atoms with van der Waals surface area (Å²) < 4.78 is 0. The van der Waals surface area contributed by atoms with E-state index in [2.05, 4.69) is 51.4 Å². The number of hydrogen-bond acceptors (Lipinski definition) is 4. The molecule has 1 atom stereocenters. The fourth-order valence-corrected chi connectivity index (χ4v) is 2.81. The van der Waals surface area contributed by atoms with Crippen molar-refractivity contribution in [2.45, 2.75) is 32.9 Å². The van der Waals surface area contributed by atoms with E-state index in [9.17, 15) is 0 Å². The smallest absolute Gasteiger partial charge is 0.134 e. The Bertz CT molecular complexity index is 624. The highest BCUT2D eigenvalue weighted by molar-refractivity contribution is 5.52. The van der Waals surface area contributed by atoms with Crippen molar-refractivity contribution in [3.63, 3.8) is 0 Å². The molecule has 20 heavy (non-hydrogen) atoms. The number of aryl methyl sites for hydroxylation is 1. The van der Waals surface area contributed by atoms with Crippen LogP contribution in [-0.2, 0) is 13.0 Å². The Kier molecular flexibility index (Phi) is 3.30. The van der Waals surface area contributed by atoms with Crippen LogP contribution in [0, 0.1) is 6.92 Å². The summed E-state index contributed by atoms with van der Waals surface area (Å²) in [7, 11) is 1.89. The first kappa shape index (κ1) is 12.9. The molecule has 0 amide bonds. The summed E-state index contributed by atoms with van der Waals surface area (Å²) in [5.41, 5.74) is 2.85. The fourth-order valence-electron chi connectivity index (χ4n) is 2.81. The second kappa shape index (κ2) is 5.12. The molecule has 0 spiro atoms. The van der Waals surface area contributed by atoms with Crippen LogP contribution in [0.25, 0.3) is 0 Å². The van der Waals surface area contributed by atoms with Crippen molar-refractivity contribution in [3.05, 3.63) is 47.3 Å². The molecule has 0 radical (unpaired) electrons. The first-order chi connectivity index (χ1) is 9.67. The molecule has 1 aromatic carbocycles. The van der Waals surface area contributed by atoms with Gasteiger partial charge in [-0.1, -0.05) is 24.3 Å². The highest BCUT2D eigenvalue weighted by Gasteiger charge is 2.24. The lowest BCUT2D eigenvalue weighted by molar-refractivity contribution is 0.586. The van der Waals surface area contributed by atoms with E-state index in [4.69, 9.17) is 0 Å². The maximum absolute atomic E-state index is 4.60. The minimum absolute atomic E-state index is 0.448. The minimum atomic E-state index is 0.448. The third kappa shape index (κ3) is 2.33. The van der Waals surface area contributed by atoms with Crippen LogP contribution in [0.2, 0.25) is 0 Å². The first-order valence-electron chi connectivity index (χ1n) is 7.04. The van der Waals surface area contributed by atoms with E-state index in [1.807, 2.05) is 20.0 Å². The summed E-state index contributed by atoms with van der Waals surface area (Å²) in [5, 5.41) is 3.10. The third-order valence-corrected chi connectivity index (χ3v) is 3.88. The fraction of sp³-hybridized carbons (Fsp3) is 0.375. The Morgan fingerprint density at radius 1 is 1.20 bits per heavy atom. The predicted octanol–water partition coefficient (Wildman–Crippen LogP) is 2.78. The van der Waals surface area contributed by atoms with Crippen molar-refractivity contribution in [2.75, 3.05) is 17.3 Å². The van der Waals surface area contributed by atoms with Gasteiger partial charge in [0, 0.05) is 25.7 Å². The van der Waals surface area contributed by atoms with Gasteiger partial charge in [-0.05, 0) is 31.4 Å². The second-order valence-corrected chi connectivity index (χ2v) is 5.36. The summed E-state index contributed by atoms with van der Waals surface area (Å²) in [5.74, 6) is 2.68. The van der Waals surface area contributed by atoms with Gasteiger partial charge >= 0.3 is 0 Å². The van der Waals surface area contributed by atoms with Gasteiger partial charge in [0.05, 0.1) is 0 Å². The van der Waals surface area contributed by atoms with Gasteiger partial charge < -0.3 is 10.2 Å². The number of rotatable bonds is 2. The van der Waals surface area contributed by atoms with Crippen LogP contribution < -0.4 is 10.2 Å². The van der Waals surface area contributed by atoms with Crippen molar-refractivity contribution < 1.29 is 0 Å². The zero-order chi connectivity index (χ0) is 14.1. The van der Waals surface area contributed by atoms with Crippen LogP contribution in [0.4, 0.5) is 11.6 Å². The molecule has 0 saturated heterocycles. The monoisotopic (exact) mass is 268 g/mol. The molecule has 1 aliphatic heterocycles. The number of nitrogens with zero attached hydrogens (tertiary/aromatic N) is 3. The molecular formula is C16H20N4. The van der Waals surface area contributed by atoms with E-state index in [1.54, 1.807) is 0 Å². The Balaban J connectivity index is 1.97. The lowest BCUT2D eigenvalue weighted by Gasteiger charge is -2.36. The van der Waals surface area contributed by atoms with Gasteiger partial charge in [-0.3, -0.25) is 0 Å². The number of fused-ring (bicyclic) bond motifs is 1. The molecule has 2 aromatic rings. The van der Waals surface area contributed by atoms with Crippen molar-refractivity contribution in [2.24, 2.45) is 0 Å². The summed E-state index contributed by atoms with van der Waals surface area (Å²) in [4.78, 5) is 11.3. The summed E-state index contributed by atoms with van der Waals surface area (Å²) in [6.45, 7) is 5.11. The molecule has 0 aliphatic carbocycles. The maximum atomic E-state index is 4.60. The zero-order valence-electron chi connectivity index (χ0n) is 12.2. The molecule has 104 valence electrons. The van der Waals surface area contributed by atoms with Crippen molar-refractivity contribution in [3.8, 4) is 0 Å². The lowest BCUT2D eigenvalue weighted by atomic mass is 9.95. The van der Waals surface area contributed by atoms with E-state index >= 15 is 0 Å². The molecule has 2 heterocycles. The van der Waals surface area contributed by atoms with E-state index in [1.165, 1.54) is 11.1 Å². The average molecular weight is 268 g/mol. The van der Waals surface area contributed by atoms with Gasteiger partial charge in [0.25, 0.3) is 0 Å². The van der Waals surface area contributed by atoms with E-state index < -0.39 is 0 Å². The Hall–Kier alpha value is -2.10. The van der Waals surface area contributed by atoms with Crippen LogP contribution >= 0.6 is 0 Å². The van der Waals surface area contributed by atoms with Gasteiger partial charge in [-0.15, -0.1) is 0 Å². The van der Waals surface area contributed by atoms with E-state index in [0.717, 1.165) is 30.4 Å². The number of nitrogens with one attached hydrogen (secondary N) is 1. The molecule has 1 N–H and O–H groups in total. The van der Waals surface area contributed by atoms with Crippen LogP contribution in [0.3, 0.4) is 0 Å². The Labute approximate surface area is 119 Å². The molecule has 4 heteroatoms. The standard InChI is InChI=1S/C16H20N4/c1-11-8-13-6-4-5-7-14(13)10-20(11)16-9-15(17-3)18-12(2)19-16/h4-7,9,11H,8,10H2,1-3H3,(H,17,18,19)/t11-/m1/s1. The molecule has 1 aliphatic rings. The number of benzene rings is 1. The van der Waals surface area contributed by atoms with E-state index in [0.29, 0.717) is 6.04 Å². The average Bonchev–Trinajstić information content (AvgIpc) is 2.45. The third-order valence-electron chi connectivity index (χ3n) is 3.88. The predicted molar refractivity (Wildman–Crippen MR) is 82.1 cm³/mol. The number of aromatic nitrogens is 2. The molecule has 0 unspecified atom stereocenters. The summed E-state index contributed by atoms with van der Waals surface area (Å²) in [6, 6.07) is 11.1. The highest BCUT2D eigenvalue weighted by Crippen LogP contribution is 2.28. The van der Waals surface area contributed by atoms with Gasteiger partial charge in [-0.25, -0.2) is 9.97 Å². The minimum Gasteiger partial charge on any atom is -0.373 e. The lowest BCUT2D eigenvalue weighted by Crippen LogP contribution is -2.39. The summed E-state index contributed by atoms with van der Waals surface area (Å²) >= 11 is 0. The van der Waals surface area contributed by atoms with Gasteiger partial charge in [0.1, 0.15) is 17.5 Å². The largest absolute Gasteiger partial charge is 0.373 e. The van der Waals surface area contributed by atoms with Crippen molar-refractivity contribution >= 4 is 11.6 Å². The zero-order valence-corrected chi connectivity index (χ0v) is 12.2. The van der Waals surface area contributed by atoms with Crippen LogP contribution in [0.1, 0.15) is 23.9 Å². The summed E-state index contributed by atoms with van der Waals surface area (Å²) in [6.07, 6.45) is 1.06. The Morgan fingerprint density at radius 3 is 2.70 bits per heavy atom. The molecule has 3 rings (SSSR count). The molecule has 0 saturated carbocycles. The van der Waals surface area contributed by atoms with Crippen LogP contribution in [0.15, 0.2) is 30.3 Å². The van der Waals surface area contributed by atoms with Gasteiger partial charge in [0.2, 0.25) is 0 Å². The Morgan fingerprint density at radius 2 is 1.95 bits per heavy atom. The van der Waals surface area contributed by atoms with E-state index in [-0.39, 0.29) is 0 Å². The molecule has 4 nitrogen and oxygen atoms in total. The molecule has 0 fully saturated rings. The molecule has 0 bridgehead atoms. The maximum Gasteiger partial charge on any atom is 0.134 e. The molecular weight excluding hydrogens is 248 g/mol. The number of anilines is 2. The van der Waals surface area contributed by atoms with Crippen LogP contribution in [0.5, 0.6) is 0 Å². The SMILES string of the molecule is CNc1cc(N2Cc3ccccc3C[C@H]2C)nc(C)n1. The van der Waals surface area contributed by atoms with Crippen molar-refractivity contribution in [1.82, 2.24) is 9.97 Å². The van der Waals surface area contributed by atoms with Crippen molar-refractivity contribution in [1.29, 1.82) is 0 Å². The molecule has 1 aromatic heterocycles. The normalized spacial score (nSPS) is 17.8.